The molecule has 1 atom stereocenters. The van der Waals surface area contributed by atoms with Gasteiger partial charge in [0.2, 0.25) is 0 Å². The Bertz CT molecular complexity index is 177. The van der Waals surface area contributed by atoms with Gasteiger partial charge in [0.15, 0.2) is 0 Å². The number of hydrogen-bond donors (Lipinski definition) is 0. The zero-order chi connectivity index (χ0) is 11.0. The van der Waals surface area contributed by atoms with Crippen LogP contribution in [0.1, 0.15) is 60.3 Å². The first-order chi connectivity index (χ1) is 6.26. The SMILES string of the molecule is CCC(Cl)C1CC(C)(C)CC(C)(C)C1. The van der Waals surface area contributed by atoms with Crippen LogP contribution in [0.15, 0.2) is 0 Å². The van der Waals surface area contributed by atoms with E-state index in [1.54, 1.807) is 0 Å². The van der Waals surface area contributed by atoms with E-state index in [0.717, 1.165) is 12.3 Å². The highest BCUT2D eigenvalue weighted by Gasteiger charge is 2.40. The Balaban J connectivity index is 2.71. The first kappa shape index (κ1) is 12.4. The molecule has 14 heavy (non-hydrogen) atoms. The molecule has 1 rings (SSSR count). The molecule has 1 aliphatic carbocycles. The van der Waals surface area contributed by atoms with Gasteiger partial charge in [-0.2, -0.15) is 0 Å². The predicted molar refractivity (Wildman–Crippen MR) is 64.8 cm³/mol. The van der Waals surface area contributed by atoms with E-state index in [2.05, 4.69) is 34.6 Å². The van der Waals surface area contributed by atoms with E-state index in [0.29, 0.717) is 16.2 Å². The van der Waals surface area contributed by atoms with E-state index in [9.17, 15) is 0 Å². The minimum atomic E-state index is 0.383. The van der Waals surface area contributed by atoms with Crippen molar-refractivity contribution < 1.29 is 0 Å². The molecule has 84 valence electrons. The van der Waals surface area contributed by atoms with Crippen molar-refractivity contribution in [2.24, 2.45) is 16.7 Å². The summed E-state index contributed by atoms with van der Waals surface area (Å²) in [5.41, 5.74) is 0.962. The summed E-state index contributed by atoms with van der Waals surface area (Å²) in [6.45, 7) is 11.8. The Morgan fingerprint density at radius 1 is 1.14 bits per heavy atom. The molecule has 0 nitrogen and oxygen atoms in total. The molecule has 0 aromatic heterocycles. The van der Waals surface area contributed by atoms with Crippen molar-refractivity contribution in [3.8, 4) is 0 Å². The van der Waals surface area contributed by atoms with Gasteiger partial charge in [0, 0.05) is 5.38 Å². The molecule has 1 saturated carbocycles. The summed E-state index contributed by atoms with van der Waals surface area (Å²) in [6, 6.07) is 0. The summed E-state index contributed by atoms with van der Waals surface area (Å²) in [5, 5.41) is 0.383. The lowest BCUT2D eigenvalue weighted by atomic mass is 9.61. The Morgan fingerprint density at radius 2 is 1.57 bits per heavy atom. The average Bonchev–Trinajstić information content (AvgIpc) is 1.97. The van der Waals surface area contributed by atoms with Gasteiger partial charge in [-0.1, -0.05) is 34.6 Å². The maximum absolute atomic E-state index is 6.40. The number of rotatable bonds is 2. The van der Waals surface area contributed by atoms with Crippen LogP contribution in [0.5, 0.6) is 0 Å². The molecular weight excluding hydrogens is 192 g/mol. The van der Waals surface area contributed by atoms with E-state index >= 15 is 0 Å². The van der Waals surface area contributed by atoms with Crippen molar-refractivity contribution >= 4 is 11.6 Å². The van der Waals surface area contributed by atoms with Crippen LogP contribution in [0, 0.1) is 16.7 Å². The Hall–Kier alpha value is 0.290. The quantitative estimate of drug-likeness (QED) is 0.579. The molecule has 0 bridgehead atoms. The zero-order valence-electron chi connectivity index (χ0n) is 10.4. The molecule has 0 N–H and O–H groups in total. The molecule has 0 aromatic rings. The van der Waals surface area contributed by atoms with Gasteiger partial charge in [0.25, 0.3) is 0 Å². The van der Waals surface area contributed by atoms with Crippen molar-refractivity contribution in [2.75, 3.05) is 0 Å². The summed E-state index contributed by atoms with van der Waals surface area (Å²) in [7, 11) is 0. The maximum Gasteiger partial charge on any atom is 0.0362 e. The van der Waals surface area contributed by atoms with Gasteiger partial charge in [-0.15, -0.1) is 11.6 Å². The zero-order valence-corrected chi connectivity index (χ0v) is 11.1. The topological polar surface area (TPSA) is 0 Å². The number of halogens is 1. The lowest BCUT2D eigenvalue weighted by molar-refractivity contribution is 0.0652. The predicted octanol–water partition coefficient (Wildman–Crippen LogP) is 4.86. The monoisotopic (exact) mass is 216 g/mol. The minimum absolute atomic E-state index is 0.383. The van der Waals surface area contributed by atoms with Crippen molar-refractivity contribution in [3.63, 3.8) is 0 Å². The highest BCUT2D eigenvalue weighted by Crippen LogP contribution is 2.50. The summed E-state index contributed by atoms with van der Waals surface area (Å²) >= 11 is 6.40. The second-order valence-corrected chi connectivity index (χ2v) is 7.16. The fourth-order valence-corrected chi connectivity index (χ4v) is 3.70. The maximum atomic E-state index is 6.40. The third kappa shape index (κ3) is 3.15. The molecule has 0 heterocycles. The summed E-state index contributed by atoms with van der Waals surface area (Å²) in [5.74, 6) is 0.723. The first-order valence-electron chi connectivity index (χ1n) is 5.90. The van der Waals surface area contributed by atoms with E-state index in [-0.39, 0.29) is 0 Å². The van der Waals surface area contributed by atoms with Crippen LogP contribution in [-0.2, 0) is 0 Å². The van der Waals surface area contributed by atoms with Crippen LogP contribution in [0.4, 0.5) is 0 Å². The lowest BCUT2D eigenvalue weighted by Crippen LogP contribution is -2.37. The Kier molecular flexibility index (Phi) is 3.57. The van der Waals surface area contributed by atoms with Crippen LogP contribution in [0.25, 0.3) is 0 Å². The molecule has 1 heteroatoms. The average molecular weight is 217 g/mol. The molecule has 1 unspecified atom stereocenters. The van der Waals surface area contributed by atoms with Crippen LogP contribution < -0.4 is 0 Å². The molecule has 0 radical (unpaired) electrons. The van der Waals surface area contributed by atoms with E-state index in [4.69, 9.17) is 11.6 Å². The molecule has 0 amide bonds. The van der Waals surface area contributed by atoms with Gasteiger partial charge in [-0.25, -0.2) is 0 Å². The van der Waals surface area contributed by atoms with Crippen LogP contribution in [-0.4, -0.2) is 5.38 Å². The van der Waals surface area contributed by atoms with Gasteiger partial charge >= 0.3 is 0 Å². The molecule has 0 spiro atoms. The summed E-state index contributed by atoms with van der Waals surface area (Å²) < 4.78 is 0. The largest absolute Gasteiger partial charge is 0.123 e. The van der Waals surface area contributed by atoms with E-state index in [1.165, 1.54) is 19.3 Å². The summed E-state index contributed by atoms with van der Waals surface area (Å²) in [4.78, 5) is 0. The minimum Gasteiger partial charge on any atom is -0.123 e. The van der Waals surface area contributed by atoms with Gasteiger partial charge in [-0.3, -0.25) is 0 Å². The van der Waals surface area contributed by atoms with Crippen LogP contribution >= 0.6 is 11.6 Å². The smallest absolute Gasteiger partial charge is 0.0362 e. The standard InChI is InChI=1S/C13H25Cl/c1-6-11(14)10-7-12(2,3)9-13(4,5)8-10/h10-11H,6-9H2,1-5H3. The Labute approximate surface area is 94.4 Å². The van der Waals surface area contributed by atoms with Gasteiger partial charge in [0.05, 0.1) is 0 Å². The second-order valence-electron chi connectivity index (χ2n) is 6.60. The molecule has 0 saturated heterocycles. The molecule has 0 aromatic carbocycles. The molecular formula is C13H25Cl. The normalized spacial score (nSPS) is 28.7. The molecule has 1 aliphatic rings. The van der Waals surface area contributed by atoms with Gasteiger partial charge < -0.3 is 0 Å². The molecule has 1 fully saturated rings. The third-order valence-electron chi connectivity index (χ3n) is 3.49. The molecule has 0 aliphatic heterocycles. The van der Waals surface area contributed by atoms with Crippen molar-refractivity contribution in [1.29, 1.82) is 0 Å². The second kappa shape index (κ2) is 4.04. The number of hydrogen-bond acceptors (Lipinski definition) is 0. The van der Waals surface area contributed by atoms with Crippen LogP contribution in [0.3, 0.4) is 0 Å². The highest BCUT2D eigenvalue weighted by atomic mass is 35.5. The van der Waals surface area contributed by atoms with Crippen molar-refractivity contribution in [2.45, 2.75) is 65.7 Å². The van der Waals surface area contributed by atoms with Gasteiger partial charge in [-0.05, 0) is 42.4 Å². The summed E-state index contributed by atoms with van der Waals surface area (Å²) in [6.07, 6.45) is 5.05. The fourth-order valence-electron chi connectivity index (χ4n) is 3.52. The highest BCUT2D eigenvalue weighted by molar-refractivity contribution is 6.20. The third-order valence-corrected chi connectivity index (χ3v) is 4.15. The van der Waals surface area contributed by atoms with E-state index < -0.39 is 0 Å². The lowest BCUT2D eigenvalue weighted by Gasteiger charge is -2.46. The van der Waals surface area contributed by atoms with Crippen LogP contribution in [0.2, 0.25) is 0 Å². The fraction of sp³-hybridized carbons (Fsp3) is 1.00. The van der Waals surface area contributed by atoms with Crippen molar-refractivity contribution in [3.05, 3.63) is 0 Å². The van der Waals surface area contributed by atoms with Crippen molar-refractivity contribution in [1.82, 2.24) is 0 Å². The van der Waals surface area contributed by atoms with Gasteiger partial charge in [0.1, 0.15) is 0 Å². The van der Waals surface area contributed by atoms with E-state index in [1.807, 2.05) is 0 Å². The number of alkyl halides is 1. The first-order valence-corrected chi connectivity index (χ1v) is 6.33. The Morgan fingerprint density at radius 3 is 1.93 bits per heavy atom.